The molecule has 2 aliphatic rings. The van der Waals surface area contributed by atoms with E-state index in [1.165, 1.54) is 64.5 Å². The van der Waals surface area contributed by atoms with Crippen LogP contribution < -0.4 is 16.0 Å². The molecule has 2 heterocycles. The van der Waals surface area contributed by atoms with Gasteiger partial charge in [0.15, 0.2) is 0 Å². The fraction of sp³-hybridized carbons (Fsp3) is 1.00. The lowest BCUT2D eigenvalue weighted by Crippen LogP contribution is -2.62. The number of nitrogens with one attached hydrogen (secondary N) is 3. The maximum atomic E-state index is 3.73. The molecular formula is C27H58N4. The summed E-state index contributed by atoms with van der Waals surface area (Å²) in [6.07, 6.45) is 10.2. The zero-order valence-corrected chi connectivity index (χ0v) is 23.2. The third kappa shape index (κ3) is 10.1. The normalized spacial score (nSPS) is 25.6. The molecule has 0 saturated carbocycles. The molecule has 0 bridgehead atoms. The summed E-state index contributed by atoms with van der Waals surface area (Å²) in [6, 6.07) is 1.37. The molecule has 0 aromatic carbocycles. The molecule has 0 radical (unpaired) electrons. The predicted molar refractivity (Wildman–Crippen MR) is 139 cm³/mol. The zero-order valence-electron chi connectivity index (χ0n) is 23.2. The number of nitrogens with zero attached hydrogens (tertiary/aromatic N) is 1. The fourth-order valence-corrected chi connectivity index (χ4v) is 5.95. The smallest absolute Gasteiger partial charge is 0.0170 e. The summed E-state index contributed by atoms with van der Waals surface area (Å²) in [7, 11) is 2.27. The van der Waals surface area contributed by atoms with Crippen molar-refractivity contribution in [2.75, 3.05) is 20.1 Å². The van der Waals surface area contributed by atoms with Crippen LogP contribution in [0, 0.1) is 0 Å². The van der Waals surface area contributed by atoms with Crippen molar-refractivity contribution in [1.82, 2.24) is 20.9 Å². The number of hydrogen-bond donors (Lipinski definition) is 3. The monoisotopic (exact) mass is 438 g/mol. The Balaban J connectivity index is 0.000000311. The van der Waals surface area contributed by atoms with Crippen molar-refractivity contribution in [2.24, 2.45) is 0 Å². The van der Waals surface area contributed by atoms with Gasteiger partial charge in [0.05, 0.1) is 0 Å². The van der Waals surface area contributed by atoms with Crippen molar-refractivity contribution in [2.45, 2.75) is 155 Å². The molecule has 4 heteroatoms. The van der Waals surface area contributed by atoms with Crippen LogP contribution in [-0.4, -0.2) is 59.3 Å². The summed E-state index contributed by atoms with van der Waals surface area (Å²) in [5, 5.41) is 11.1. The van der Waals surface area contributed by atoms with Gasteiger partial charge in [-0.1, -0.05) is 26.7 Å². The minimum absolute atomic E-state index is 0.269. The lowest BCUT2D eigenvalue weighted by molar-refractivity contribution is -0.0180. The molecule has 3 N–H and O–H groups in total. The van der Waals surface area contributed by atoms with Crippen molar-refractivity contribution in [3.63, 3.8) is 0 Å². The lowest BCUT2D eigenvalue weighted by atomic mass is 9.77. The van der Waals surface area contributed by atoms with Gasteiger partial charge in [0.1, 0.15) is 0 Å². The minimum atomic E-state index is 0.269. The van der Waals surface area contributed by atoms with Gasteiger partial charge in [-0.25, -0.2) is 0 Å². The van der Waals surface area contributed by atoms with E-state index in [0.29, 0.717) is 23.2 Å². The average Bonchev–Trinajstić information content (AvgIpc) is 2.57. The van der Waals surface area contributed by atoms with Gasteiger partial charge in [-0.15, -0.1) is 0 Å². The molecule has 2 rings (SSSR count). The van der Waals surface area contributed by atoms with Crippen LogP contribution in [0.5, 0.6) is 0 Å². The summed E-state index contributed by atoms with van der Waals surface area (Å²) in [4.78, 5) is 2.54. The van der Waals surface area contributed by atoms with Crippen LogP contribution >= 0.6 is 0 Å². The van der Waals surface area contributed by atoms with E-state index in [1.807, 2.05) is 0 Å². The lowest BCUT2D eigenvalue weighted by Gasteiger charge is -2.53. The molecule has 2 aliphatic heterocycles. The van der Waals surface area contributed by atoms with E-state index in [-0.39, 0.29) is 11.1 Å². The van der Waals surface area contributed by atoms with Gasteiger partial charge < -0.3 is 16.0 Å². The van der Waals surface area contributed by atoms with Crippen molar-refractivity contribution in [3.8, 4) is 0 Å². The zero-order chi connectivity index (χ0) is 23.9. The van der Waals surface area contributed by atoms with Crippen LogP contribution in [0.1, 0.15) is 121 Å². The van der Waals surface area contributed by atoms with Crippen molar-refractivity contribution >= 4 is 0 Å². The molecule has 2 fully saturated rings. The van der Waals surface area contributed by atoms with Gasteiger partial charge >= 0.3 is 0 Å². The molecule has 2 saturated heterocycles. The van der Waals surface area contributed by atoms with Crippen LogP contribution in [0.25, 0.3) is 0 Å². The number of unbranched alkanes of at least 4 members (excludes halogenated alkanes) is 2. The fourth-order valence-electron chi connectivity index (χ4n) is 5.95. The second-order valence-corrected chi connectivity index (χ2v) is 12.9. The highest BCUT2D eigenvalue weighted by Crippen LogP contribution is 2.36. The SMILES string of the molecule is CCCCNC1CC(C)(C)N(C)C(C)(C)C1.CCCCNC1CC(C)(C)NC(C)(C)C1. The Labute approximate surface area is 196 Å². The van der Waals surface area contributed by atoms with E-state index in [1.54, 1.807) is 0 Å². The first-order valence-corrected chi connectivity index (χ1v) is 13.1. The highest BCUT2D eigenvalue weighted by Gasteiger charge is 2.42. The van der Waals surface area contributed by atoms with Gasteiger partial charge in [0.25, 0.3) is 0 Å². The summed E-state index contributed by atoms with van der Waals surface area (Å²) in [5.74, 6) is 0. The van der Waals surface area contributed by atoms with Gasteiger partial charge in [-0.3, -0.25) is 4.90 Å². The Bertz CT molecular complexity index is 475. The van der Waals surface area contributed by atoms with E-state index < -0.39 is 0 Å². The van der Waals surface area contributed by atoms with Gasteiger partial charge in [0, 0.05) is 34.2 Å². The van der Waals surface area contributed by atoms with Gasteiger partial charge in [-0.2, -0.15) is 0 Å². The number of likely N-dealkylation sites (tertiary alicyclic amines) is 1. The van der Waals surface area contributed by atoms with Gasteiger partial charge in [0.2, 0.25) is 0 Å². The van der Waals surface area contributed by atoms with Crippen molar-refractivity contribution in [3.05, 3.63) is 0 Å². The highest BCUT2D eigenvalue weighted by molar-refractivity contribution is 5.01. The summed E-state index contributed by atoms with van der Waals surface area (Å²) in [6.45, 7) is 25.5. The summed E-state index contributed by atoms with van der Waals surface area (Å²) >= 11 is 0. The molecule has 0 aromatic heterocycles. The summed E-state index contributed by atoms with van der Waals surface area (Å²) < 4.78 is 0. The highest BCUT2D eigenvalue weighted by atomic mass is 15.2. The molecule has 4 nitrogen and oxygen atoms in total. The first kappa shape index (κ1) is 28.9. The molecule has 186 valence electrons. The molecule has 0 unspecified atom stereocenters. The molecule has 0 spiro atoms. The predicted octanol–water partition coefficient (Wildman–Crippen LogP) is 5.71. The van der Waals surface area contributed by atoms with Crippen LogP contribution in [-0.2, 0) is 0 Å². The van der Waals surface area contributed by atoms with E-state index in [0.717, 1.165) is 0 Å². The van der Waals surface area contributed by atoms with E-state index in [4.69, 9.17) is 0 Å². The topological polar surface area (TPSA) is 39.3 Å². The molecule has 0 aromatic rings. The molecule has 0 atom stereocenters. The Kier molecular flexibility index (Phi) is 11.0. The Morgan fingerprint density at radius 2 is 1.03 bits per heavy atom. The number of piperidine rings is 2. The van der Waals surface area contributed by atoms with Crippen molar-refractivity contribution in [1.29, 1.82) is 0 Å². The summed E-state index contributed by atoms with van der Waals surface area (Å²) in [5.41, 5.74) is 1.16. The molecular weight excluding hydrogens is 380 g/mol. The Hall–Kier alpha value is -0.160. The molecule has 0 amide bonds. The van der Waals surface area contributed by atoms with Crippen LogP contribution in [0.2, 0.25) is 0 Å². The Morgan fingerprint density at radius 3 is 1.39 bits per heavy atom. The second-order valence-electron chi connectivity index (χ2n) is 12.9. The average molecular weight is 439 g/mol. The number of hydrogen-bond acceptors (Lipinski definition) is 4. The third-order valence-electron chi connectivity index (χ3n) is 7.42. The largest absolute Gasteiger partial charge is 0.314 e. The second kappa shape index (κ2) is 11.8. The van der Waals surface area contributed by atoms with E-state index in [2.05, 4.69) is 97.1 Å². The maximum absolute atomic E-state index is 3.73. The standard InChI is InChI=1S/C14H30N2.C13H28N2/c1-7-8-9-15-12-10-13(2,3)16(6)14(4,5)11-12;1-6-7-8-14-11-9-12(2,3)15-13(4,5)10-11/h12,15H,7-11H2,1-6H3;11,14-15H,6-10H2,1-5H3. The van der Waals surface area contributed by atoms with Crippen molar-refractivity contribution < 1.29 is 0 Å². The molecule has 0 aliphatic carbocycles. The first-order valence-electron chi connectivity index (χ1n) is 13.1. The van der Waals surface area contributed by atoms with Gasteiger partial charge in [-0.05, 0) is 114 Å². The van der Waals surface area contributed by atoms with E-state index in [9.17, 15) is 0 Å². The quantitative estimate of drug-likeness (QED) is 0.424. The minimum Gasteiger partial charge on any atom is -0.314 e. The Morgan fingerprint density at radius 1 is 0.677 bits per heavy atom. The molecule has 31 heavy (non-hydrogen) atoms. The van der Waals surface area contributed by atoms with Crippen LogP contribution in [0.15, 0.2) is 0 Å². The van der Waals surface area contributed by atoms with Crippen LogP contribution in [0.3, 0.4) is 0 Å². The van der Waals surface area contributed by atoms with Crippen LogP contribution in [0.4, 0.5) is 0 Å². The first-order chi connectivity index (χ1) is 14.1. The number of rotatable bonds is 8. The maximum Gasteiger partial charge on any atom is 0.0170 e. The van der Waals surface area contributed by atoms with E-state index >= 15 is 0 Å². The third-order valence-corrected chi connectivity index (χ3v) is 7.42.